The summed E-state index contributed by atoms with van der Waals surface area (Å²) >= 11 is 9.67. The Balaban J connectivity index is 0.000000121. The summed E-state index contributed by atoms with van der Waals surface area (Å²) in [5.41, 5.74) is 27.5. The van der Waals surface area contributed by atoms with Gasteiger partial charge in [0.2, 0.25) is 0 Å². The standard InChI is InChI=1S/C43H28N2OS.C39H35BO2S.C10H5ClN2O/c1-43(2)35-18-5-3-12-30(35)31-21-20-26(23-36(31)43)29-15-9-17-33-32-16-8-14-28(41(32)47-42(29)33)25-10-7-11-27(22-25)38-40-39(45-24-44-38)34-13-4-6-19-37(34)46-40;1-37(2)33-19-8-7-14-29(33)30-21-20-25(23-34(30)37)28-16-11-18-32-31-17-10-15-27(35(31)43-36(28)32)24-12-9-13-26(22-24)40-41-38(3,4)39(5,6)42-40;11-10-9-8(12-5-13-10)6-3-1-2-4-7(6)14-9/h3-24H,1-2H3;7-23H,1-6H3;1-5H. The Morgan fingerprint density at radius 3 is 1.20 bits per heavy atom. The summed E-state index contributed by atoms with van der Waals surface area (Å²) in [6.45, 7) is 17.8. The molecule has 1 aliphatic heterocycles. The van der Waals surface area contributed by atoms with Crippen molar-refractivity contribution in [3.63, 3.8) is 0 Å². The highest BCUT2D eigenvalue weighted by Gasteiger charge is 2.52. The van der Waals surface area contributed by atoms with Gasteiger partial charge < -0.3 is 18.1 Å². The van der Waals surface area contributed by atoms with Crippen molar-refractivity contribution in [1.82, 2.24) is 19.9 Å². The van der Waals surface area contributed by atoms with Crippen LogP contribution >= 0.6 is 34.3 Å². The van der Waals surface area contributed by atoms with Gasteiger partial charge in [0.15, 0.2) is 16.3 Å². The van der Waals surface area contributed by atoms with Crippen LogP contribution in [0.25, 0.3) is 163 Å². The summed E-state index contributed by atoms with van der Waals surface area (Å²) < 4.78 is 29.8. The lowest BCUT2D eigenvalue weighted by atomic mass is 9.78. The molecule has 0 spiro atoms. The van der Waals surface area contributed by atoms with E-state index in [0.717, 1.165) is 60.8 Å². The third-order valence-corrected chi connectivity index (χ3v) is 25.1. The van der Waals surface area contributed by atoms with Crippen LogP contribution in [-0.4, -0.2) is 38.3 Å². The molecule has 2 aliphatic carbocycles. The van der Waals surface area contributed by atoms with E-state index in [0.29, 0.717) is 10.7 Å². The van der Waals surface area contributed by atoms with Crippen molar-refractivity contribution in [2.45, 2.75) is 77.4 Å². The maximum absolute atomic E-state index is 6.39. The van der Waals surface area contributed by atoms with E-state index in [4.69, 9.17) is 34.7 Å². The number of halogens is 1. The number of hydrogen-bond donors (Lipinski definition) is 0. The van der Waals surface area contributed by atoms with Crippen molar-refractivity contribution in [1.29, 1.82) is 0 Å². The topological polar surface area (TPSA) is 96.3 Å². The zero-order valence-corrected chi connectivity index (χ0v) is 61.0. The van der Waals surface area contributed by atoms with Crippen LogP contribution in [0.4, 0.5) is 0 Å². The summed E-state index contributed by atoms with van der Waals surface area (Å²) in [6.07, 6.45) is 3.08. The van der Waals surface area contributed by atoms with Gasteiger partial charge in [-0.25, -0.2) is 19.9 Å². The predicted molar refractivity (Wildman–Crippen MR) is 434 cm³/mol. The van der Waals surface area contributed by atoms with E-state index in [9.17, 15) is 0 Å². The third-order valence-electron chi connectivity index (χ3n) is 22.3. The molecule has 21 rings (SSSR count). The lowest BCUT2D eigenvalue weighted by Gasteiger charge is -2.32. The Hall–Kier alpha value is -10.9. The molecule has 502 valence electrons. The molecule has 12 aromatic carbocycles. The minimum Gasteiger partial charge on any atom is -0.452 e. The molecule has 1 saturated heterocycles. The number of fused-ring (bicyclic) bond motifs is 18. The highest BCUT2D eigenvalue weighted by atomic mass is 35.5. The van der Waals surface area contributed by atoms with Gasteiger partial charge in [-0.05, 0) is 165 Å². The van der Waals surface area contributed by atoms with Gasteiger partial charge in [-0.15, -0.1) is 22.7 Å². The molecule has 0 amide bonds. The minimum absolute atomic E-state index is 0.0225. The minimum atomic E-state index is -0.381. The SMILES string of the molecule is CC1(C)c2ccccc2-c2ccc(-c3cccc4c3sc3c(-c5cccc(-c6ncnc7c6oc6ccccc67)c5)cccc34)cc21.CC1(C)c2ccccc2-c2ccc(-c3cccc4c3sc3c(-c5cccc(B6OC(C)(C)C(C)(C)O6)c5)cccc34)cc21.Clc1ncnc2c1oc1ccccc12. The number of thiophene rings is 2. The lowest BCUT2D eigenvalue weighted by molar-refractivity contribution is 0.00578. The Kier molecular flexibility index (Phi) is 14.8. The van der Waals surface area contributed by atoms with Crippen LogP contribution in [0, 0.1) is 0 Å². The molecule has 0 atom stereocenters. The first kappa shape index (κ1) is 64.0. The number of aromatic nitrogens is 4. The first-order chi connectivity index (χ1) is 50.5. The van der Waals surface area contributed by atoms with Crippen LogP contribution in [0.2, 0.25) is 5.15 Å². The number of hydrogen-bond acceptors (Lipinski definition) is 10. The van der Waals surface area contributed by atoms with E-state index in [1.807, 2.05) is 71.2 Å². The predicted octanol–water partition coefficient (Wildman–Crippen LogP) is 25.1. The molecule has 104 heavy (non-hydrogen) atoms. The summed E-state index contributed by atoms with van der Waals surface area (Å²) in [5, 5.41) is 7.51. The molecule has 0 N–H and O–H groups in total. The largest absolute Gasteiger partial charge is 0.494 e. The molecule has 0 radical (unpaired) electrons. The normalized spacial score (nSPS) is 15.0. The summed E-state index contributed by atoms with van der Waals surface area (Å²) in [5.74, 6) is 0. The molecule has 7 heterocycles. The average Bonchev–Trinajstić information content (AvgIpc) is 1.58. The smallest absolute Gasteiger partial charge is 0.452 e. The molecule has 6 aromatic heterocycles. The molecule has 18 aromatic rings. The first-order valence-corrected chi connectivity index (χ1v) is 37.3. The zero-order valence-electron chi connectivity index (χ0n) is 58.6. The van der Waals surface area contributed by atoms with E-state index in [-0.39, 0.29) is 29.2 Å². The maximum atomic E-state index is 6.39. The molecule has 0 bridgehead atoms. The van der Waals surface area contributed by atoms with Crippen molar-refractivity contribution in [3.8, 4) is 78.0 Å². The number of para-hydroxylation sites is 2. The number of nitrogens with zero attached hydrogens (tertiary/aromatic N) is 4. The van der Waals surface area contributed by atoms with Crippen molar-refractivity contribution in [2.75, 3.05) is 0 Å². The Bertz CT molecular complexity index is 6560. The summed E-state index contributed by atoms with van der Waals surface area (Å²) in [7, 11) is -0.381. The molecule has 1 fully saturated rings. The first-order valence-electron chi connectivity index (χ1n) is 35.3. The molecule has 8 nitrogen and oxygen atoms in total. The van der Waals surface area contributed by atoms with Crippen molar-refractivity contribution >= 4 is 131 Å². The van der Waals surface area contributed by atoms with Crippen LogP contribution in [0.15, 0.2) is 276 Å². The van der Waals surface area contributed by atoms with Gasteiger partial charge in [-0.3, -0.25) is 0 Å². The summed E-state index contributed by atoms with van der Waals surface area (Å²) in [6, 6.07) is 91.8. The van der Waals surface area contributed by atoms with E-state index in [1.165, 1.54) is 130 Å². The Morgan fingerprint density at radius 2 is 0.692 bits per heavy atom. The van der Waals surface area contributed by atoms with E-state index >= 15 is 0 Å². The third kappa shape index (κ3) is 10.1. The molecule has 3 aliphatic rings. The monoisotopic (exact) mass is 1400 g/mol. The fourth-order valence-corrected chi connectivity index (χ4v) is 19.1. The number of furan rings is 2. The van der Waals surface area contributed by atoms with Gasteiger partial charge in [0.05, 0.1) is 11.2 Å². The second-order valence-electron chi connectivity index (χ2n) is 29.5. The summed E-state index contributed by atoms with van der Waals surface area (Å²) in [4.78, 5) is 17.3. The second-order valence-corrected chi connectivity index (χ2v) is 31.9. The van der Waals surface area contributed by atoms with Gasteiger partial charge >= 0.3 is 7.12 Å². The molecule has 0 saturated carbocycles. The molecular formula is C92H68BClN4O4S2. The van der Waals surface area contributed by atoms with Crippen LogP contribution in [0.3, 0.4) is 0 Å². The van der Waals surface area contributed by atoms with Gasteiger partial charge in [0.1, 0.15) is 40.5 Å². The van der Waals surface area contributed by atoms with Crippen molar-refractivity contribution in [2.24, 2.45) is 0 Å². The van der Waals surface area contributed by atoms with Gasteiger partial charge in [0, 0.05) is 67.5 Å². The van der Waals surface area contributed by atoms with E-state index in [2.05, 4.69) is 277 Å². The Labute approximate surface area is 615 Å². The maximum Gasteiger partial charge on any atom is 0.494 e. The highest BCUT2D eigenvalue weighted by molar-refractivity contribution is 7.27. The molecular weight excluding hydrogens is 1340 g/mol. The van der Waals surface area contributed by atoms with Crippen molar-refractivity contribution in [3.05, 3.63) is 295 Å². The van der Waals surface area contributed by atoms with Gasteiger partial charge in [-0.2, -0.15) is 0 Å². The van der Waals surface area contributed by atoms with E-state index < -0.39 is 0 Å². The van der Waals surface area contributed by atoms with Crippen LogP contribution < -0.4 is 5.46 Å². The second kappa shape index (κ2) is 24.1. The lowest BCUT2D eigenvalue weighted by Crippen LogP contribution is -2.41. The fourth-order valence-electron chi connectivity index (χ4n) is 16.2. The molecule has 0 unspecified atom stereocenters. The molecule has 12 heteroatoms. The van der Waals surface area contributed by atoms with Crippen molar-refractivity contribution < 1.29 is 18.1 Å². The fraction of sp³-hybridized carbons (Fsp3) is 0.130. The highest BCUT2D eigenvalue weighted by Crippen LogP contribution is 2.54. The average molecular weight is 1400 g/mol. The number of benzene rings is 12. The van der Waals surface area contributed by atoms with Gasteiger partial charge in [0.25, 0.3) is 0 Å². The van der Waals surface area contributed by atoms with Crippen LogP contribution in [0.5, 0.6) is 0 Å². The Morgan fingerprint density at radius 1 is 0.317 bits per heavy atom. The van der Waals surface area contributed by atoms with Crippen LogP contribution in [0.1, 0.15) is 77.6 Å². The quantitative estimate of drug-likeness (QED) is 0.120. The van der Waals surface area contributed by atoms with Crippen LogP contribution in [-0.2, 0) is 20.1 Å². The number of rotatable bonds is 6. The van der Waals surface area contributed by atoms with Gasteiger partial charge in [-0.1, -0.05) is 252 Å². The van der Waals surface area contributed by atoms with E-state index in [1.54, 1.807) is 6.33 Å². The zero-order chi connectivity index (χ0) is 70.5.